The molecule has 2 amide bonds. The first kappa shape index (κ1) is 22.2. The molecule has 3 aromatic rings. The van der Waals surface area contributed by atoms with Gasteiger partial charge in [0.15, 0.2) is 0 Å². The SMILES string of the molecule is Cc1c(C#N)c(NC(=O)CN2Cc3ccccc3CC2C(N)=O)n(-c2ccc(F)cc2)c1C. The van der Waals surface area contributed by atoms with Crippen molar-refractivity contribution in [1.82, 2.24) is 9.47 Å². The monoisotopic (exact) mass is 445 g/mol. The van der Waals surface area contributed by atoms with E-state index in [1.807, 2.05) is 31.2 Å². The summed E-state index contributed by atoms with van der Waals surface area (Å²) in [5.41, 5.74) is 10.2. The summed E-state index contributed by atoms with van der Waals surface area (Å²) in [5.74, 6) is -0.930. The second-order valence-electron chi connectivity index (χ2n) is 8.20. The fourth-order valence-electron chi connectivity index (χ4n) is 4.35. The van der Waals surface area contributed by atoms with Gasteiger partial charge in [0.1, 0.15) is 17.7 Å². The number of hydrogen-bond acceptors (Lipinski definition) is 4. The molecule has 0 aliphatic carbocycles. The van der Waals surface area contributed by atoms with Crippen LogP contribution in [0.1, 0.15) is 27.9 Å². The summed E-state index contributed by atoms with van der Waals surface area (Å²) < 4.78 is 15.2. The molecule has 2 aromatic carbocycles. The number of nitrogens with two attached hydrogens (primary N) is 1. The summed E-state index contributed by atoms with van der Waals surface area (Å²) in [5, 5.41) is 12.6. The molecule has 1 atom stereocenters. The molecule has 0 saturated carbocycles. The van der Waals surface area contributed by atoms with E-state index in [4.69, 9.17) is 5.73 Å². The molecule has 168 valence electrons. The van der Waals surface area contributed by atoms with Crippen LogP contribution in [-0.4, -0.2) is 33.9 Å². The number of aromatic nitrogens is 1. The van der Waals surface area contributed by atoms with Crippen LogP contribution in [0.4, 0.5) is 10.2 Å². The number of halogens is 1. The van der Waals surface area contributed by atoms with Crippen molar-refractivity contribution in [2.24, 2.45) is 5.73 Å². The smallest absolute Gasteiger partial charge is 0.239 e. The molecular weight excluding hydrogens is 421 g/mol. The number of benzene rings is 2. The van der Waals surface area contributed by atoms with Crippen LogP contribution in [0.2, 0.25) is 0 Å². The van der Waals surface area contributed by atoms with E-state index in [0.29, 0.717) is 30.0 Å². The van der Waals surface area contributed by atoms with Crippen LogP contribution >= 0.6 is 0 Å². The van der Waals surface area contributed by atoms with Crippen LogP contribution in [-0.2, 0) is 22.6 Å². The summed E-state index contributed by atoms with van der Waals surface area (Å²) >= 11 is 0. The minimum absolute atomic E-state index is 0.0699. The molecule has 1 aromatic heterocycles. The van der Waals surface area contributed by atoms with Crippen molar-refractivity contribution in [2.75, 3.05) is 11.9 Å². The van der Waals surface area contributed by atoms with E-state index in [1.165, 1.54) is 12.1 Å². The third-order valence-electron chi connectivity index (χ3n) is 6.19. The van der Waals surface area contributed by atoms with Crippen LogP contribution in [0.3, 0.4) is 0 Å². The predicted molar refractivity (Wildman–Crippen MR) is 122 cm³/mol. The lowest BCUT2D eigenvalue weighted by Crippen LogP contribution is -2.51. The Morgan fingerprint density at radius 3 is 2.45 bits per heavy atom. The number of rotatable bonds is 5. The molecule has 0 radical (unpaired) electrons. The maximum absolute atomic E-state index is 13.5. The lowest BCUT2D eigenvalue weighted by molar-refractivity contribution is -0.125. The zero-order valence-electron chi connectivity index (χ0n) is 18.4. The molecule has 33 heavy (non-hydrogen) atoms. The molecule has 3 N–H and O–H groups in total. The molecule has 7 nitrogen and oxygen atoms in total. The third kappa shape index (κ3) is 4.23. The van der Waals surface area contributed by atoms with E-state index in [1.54, 1.807) is 28.5 Å². The van der Waals surface area contributed by atoms with E-state index < -0.39 is 11.9 Å². The maximum Gasteiger partial charge on any atom is 0.239 e. The molecule has 0 bridgehead atoms. The average Bonchev–Trinajstić information content (AvgIpc) is 3.02. The minimum Gasteiger partial charge on any atom is -0.368 e. The highest BCUT2D eigenvalue weighted by atomic mass is 19.1. The van der Waals surface area contributed by atoms with Gasteiger partial charge in [-0.15, -0.1) is 0 Å². The molecule has 1 unspecified atom stereocenters. The van der Waals surface area contributed by atoms with Gasteiger partial charge in [0.2, 0.25) is 11.8 Å². The molecule has 4 rings (SSSR count). The molecule has 0 saturated heterocycles. The van der Waals surface area contributed by atoms with Gasteiger partial charge in [-0.25, -0.2) is 4.39 Å². The molecule has 0 fully saturated rings. The number of nitrogens with zero attached hydrogens (tertiary/aromatic N) is 3. The number of primary amides is 1. The molecule has 8 heteroatoms. The van der Waals surface area contributed by atoms with Gasteiger partial charge >= 0.3 is 0 Å². The highest BCUT2D eigenvalue weighted by Gasteiger charge is 2.31. The van der Waals surface area contributed by atoms with Gasteiger partial charge in [0.25, 0.3) is 0 Å². The first-order chi connectivity index (χ1) is 15.8. The Kier molecular flexibility index (Phi) is 5.99. The van der Waals surface area contributed by atoms with Crippen molar-refractivity contribution in [1.29, 1.82) is 5.26 Å². The van der Waals surface area contributed by atoms with Gasteiger partial charge in [0, 0.05) is 17.9 Å². The second kappa shape index (κ2) is 8.88. The largest absolute Gasteiger partial charge is 0.368 e. The van der Waals surface area contributed by atoms with E-state index in [9.17, 15) is 19.2 Å². The fourth-order valence-corrected chi connectivity index (χ4v) is 4.35. The lowest BCUT2D eigenvalue weighted by Gasteiger charge is -2.34. The summed E-state index contributed by atoms with van der Waals surface area (Å²) in [7, 11) is 0. The standard InChI is InChI=1S/C25H24FN5O2/c1-15-16(2)31(20-9-7-19(26)8-10-20)25(21(15)12-27)29-23(32)14-30-13-18-6-4-3-5-17(18)11-22(30)24(28)33/h3-10,22H,11,13-14H2,1-2H3,(H2,28,33)(H,29,32). The Labute approximate surface area is 191 Å². The Bertz CT molecular complexity index is 1270. The Morgan fingerprint density at radius 1 is 1.15 bits per heavy atom. The summed E-state index contributed by atoms with van der Waals surface area (Å²) in [6, 6.07) is 15.1. The van der Waals surface area contributed by atoms with Gasteiger partial charge in [0.05, 0.1) is 18.2 Å². The number of fused-ring (bicyclic) bond motifs is 1. The van der Waals surface area contributed by atoms with Gasteiger partial charge in [-0.1, -0.05) is 24.3 Å². The Hall–Kier alpha value is -3.96. The maximum atomic E-state index is 13.5. The van der Waals surface area contributed by atoms with E-state index in [-0.39, 0.29) is 18.3 Å². The number of carbonyl (C=O) groups excluding carboxylic acids is 2. The normalized spacial score (nSPS) is 15.5. The number of carbonyl (C=O) groups is 2. The Morgan fingerprint density at radius 2 is 1.82 bits per heavy atom. The van der Waals surface area contributed by atoms with Crippen molar-refractivity contribution < 1.29 is 14.0 Å². The van der Waals surface area contributed by atoms with Crippen molar-refractivity contribution in [2.45, 2.75) is 32.9 Å². The van der Waals surface area contributed by atoms with Crippen LogP contribution in [0.5, 0.6) is 0 Å². The van der Waals surface area contributed by atoms with Crippen molar-refractivity contribution in [3.63, 3.8) is 0 Å². The zero-order valence-corrected chi connectivity index (χ0v) is 18.4. The summed E-state index contributed by atoms with van der Waals surface area (Å²) in [4.78, 5) is 26.9. The first-order valence-corrected chi connectivity index (χ1v) is 10.6. The predicted octanol–water partition coefficient (Wildman–Crippen LogP) is 2.96. The van der Waals surface area contributed by atoms with Crippen LogP contribution in [0, 0.1) is 31.0 Å². The van der Waals surface area contributed by atoms with Gasteiger partial charge < -0.3 is 11.1 Å². The molecule has 1 aliphatic heterocycles. The molecule has 1 aliphatic rings. The highest BCUT2D eigenvalue weighted by molar-refractivity contribution is 5.94. The minimum atomic E-state index is -0.603. The molecular formula is C25H24FN5O2. The quantitative estimate of drug-likeness (QED) is 0.630. The van der Waals surface area contributed by atoms with Crippen molar-refractivity contribution in [3.8, 4) is 11.8 Å². The zero-order chi connectivity index (χ0) is 23.7. The van der Waals surface area contributed by atoms with Crippen LogP contribution in [0.25, 0.3) is 5.69 Å². The number of anilines is 1. The van der Waals surface area contributed by atoms with Gasteiger partial charge in [-0.05, 0) is 61.2 Å². The number of nitrogens with one attached hydrogen (secondary N) is 1. The van der Waals surface area contributed by atoms with Crippen LogP contribution in [0.15, 0.2) is 48.5 Å². The average molecular weight is 445 g/mol. The number of nitriles is 1. The summed E-state index contributed by atoms with van der Waals surface area (Å²) in [6.45, 7) is 3.98. The highest BCUT2D eigenvalue weighted by Crippen LogP contribution is 2.30. The van der Waals surface area contributed by atoms with Crippen molar-refractivity contribution in [3.05, 3.63) is 82.3 Å². The van der Waals surface area contributed by atoms with Crippen LogP contribution < -0.4 is 11.1 Å². The van der Waals surface area contributed by atoms with Crippen molar-refractivity contribution >= 4 is 17.6 Å². The molecule has 0 spiro atoms. The number of amides is 2. The fraction of sp³-hybridized carbons (Fsp3) is 0.240. The number of hydrogen-bond donors (Lipinski definition) is 2. The molecule has 2 heterocycles. The third-order valence-corrected chi connectivity index (χ3v) is 6.19. The van der Waals surface area contributed by atoms with Gasteiger partial charge in [-0.2, -0.15) is 5.26 Å². The lowest BCUT2D eigenvalue weighted by atomic mass is 9.93. The Balaban J connectivity index is 1.64. The van der Waals surface area contributed by atoms with E-state index in [2.05, 4.69) is 11.4 Å². The second-order valence-corrected chi connectivity index (χ2v) is 8.20. The topological polar surface area (TPSA) is 104 Å². The summed E-state index contributed by atoms with van der Waals surface area (Å²) in [6.07, 6.45) is 0.437. The van der Waals surface area contributed by atoms with E-state index >= 15 is 0 Å². The first-order valence-electron chi connectivity index (χ1n) is 10.6. The van der Waals surface area contributed by atoms with Gasteiger partial charge in [-0.3, -0.25) is 19.1 Å². The van der Waals surface area contributed by atoms with E-state index in [0.717, 1.165) is 22.4 Å².